The highest BCUT2D eigenvalue weighted by atomic mass is 16.8. The van der Waals surface area contributed by atoms with Gasteiger partial charge in [-0.2, -0.15) is 0 Å². The lowest BCUT2D eigenvalue weighted by Gasteiger charge is -2.65. The molecule has 9 rings (SSSR count). The summed E-state index contributed by atoms with van der Waals surface area (Å²) in [6, 6.07) is 0. The summed E-state index contributed by atoms with van der Waals surface area (Å²) in [7, 11) is 0. The van der Waals surface area contributed by atoms with Gasteiger partial charge in [0.2, 0.25) is 0 Å². The fraction of sp³-hybridized carbons (Fsp3) is 0.918. The molecule has 8 fully saturated rings. The maximum absolute atomic E-state index is 12.6. The zero-order valence-corrected chi connectivity index (χ0v) is 40.5. The maximum atomic E-state index is 12.6. The van der Waals surface area contributed by atoms with E-state index >= 15 is 0 Å². The number of fused-ring (bicyclic) bond motifs is 5. The molecule has 0 bridgehead atoms. The molecule has 4 saturated carbocycles. The van der Waals surface area contributed by atoms with Crippen molar-refractivity contribution < 1.29 is 97.8 Å². The van der Waals surface area contributed by atoms with Gasteiger partial charge in [-0.3, -0.25) is 4.79 Å². The second-order valence-electron chi connectivity index (χ2n) is 22.2. The van der Waals surface area contributed by atoms with Gasteiger partial charge in [-0.25, -0.2) is 4.79 Å². The first-order valence-corrected chi connectivity index (χ1v) is 25.3. The van der Waals surface area contributed by atoms with Gasteiger partial charge in [0.1, 0.15) is 55.4 Å². The molecule has 69 heavy (non-hydrogen) atoms. The van der Waals surface area contributed by atoms with E-state index in [1.165, 1.54) is 6.92 Å². The molecule has 8 N–H and O–H groups in total. The summed E-state index contributed by atoms with van der Waals surface area (Å²) in [5, 5.41) is 88.1. The van der Waals surface area contributed by atoms with E-state index in [9.17, 15) is 50.4 Å². The van der Waals surface area contributed by atoms with E-state index in [0.717, 1.165) is 37.7 Å². The molecular formula is C49H76O20. The number of hydrogen-bond donors (Lipinski definition) is 8. The molecule has 26 atom stereocenters. The SMILES string of the molecule is CC(=O)O[C@H]1C[C@H](O[C@H]2C(O)C[C@H](O[C@H]3[C@@H](O)C[C@H](O[C@H]4CC[C@@]5(C)[C@H](CC[C@@H]6[C@@H]5C[C@@H](O)[C@]5(C)[C@@H](C7=CC(=O)OC7)CC[C@]65O)C4)O[C@@H]3C)O[C@@H]2C)O[C@H](C)[C@H]1O[C@@H]1O[C@H](CO)[C@@H](O)[C@H](O)[C@H]1O. The molecule has 4 aliphatic carbocycles. The Bertz CT molecular complexity index is 1850. The number of esters is 2. The molecule has 20 heteroatoms. The van der Waals surface area contributed by atoms with Gasteiger partial charge in [0, 0.05) is 37.7 Å². The van der Waals surface area contributed by atoms with Gasteiger partial charge in [-0.15, -0.1) is 0 Å². The molecule has 392 valence electrons. The molecule has 4 saturated heterocycles. The molecule has 5 aliphatic heterocycles. The highest BCUT2D eigenvalue weighted by molar-refractivity contribution is 5.85. The number of rotatable bonds is 11. The van der Waals surface area contributed by atoms with Gasteiger partial charge in [0.15, 0.2) is 25.2 Å². The van der Waals surface area contributed by atoms with Crippen molar-refractivity contribution >= 4 is 11.9 Å². The predicted molar refractivity (Wildman–Crippen MR) is 235 cm³/mol. The lowest BCUT2D eigenvalue weighted by molar-refractivity contribution is -0.355. The number of hydrogen-bond acceptors (Lipinski definition) is 20. The Morgan fingerprint density at radius 2 is 1.33 bits per heavy atom. The Balaban J connectivity index is 0.752. The predicted octanol–water partition coefficient (Wildman–Crippen LogP) is 0.613. The summed E-state index contributed by atoms with van der Waals surface area (Å²) in [6.45, 7) is 10.3. The van der Waals surface area contributed by atoms with E-state index in [-0.39, 0.29) is 61.1 Å². The van der Waals surface area contributed by atoms with Crippen molar-refractivity contribution in [3.63, 3.8) is 0 Å². The van der Waals surface area contributed by atoms with Crippen LogP contribution in [0.5, 0.6) is 0 Å². The van der Waals surface area contributed by atoms with E-state index in [0.29, 0.717) is 25.2 Å². The summed E-state index contributed by atoms with van der Waals surface area (Å²) in [6.07, 6.45) is -11.1. The molecular weight excluding hydrogens is 909 g/mol. The van der Waals surface area contributed by atoms with Crippen molar-refractivity contribution in [2.24, 2.45) is 34.5 Å². The summed E-state index contributed by atoms with van der Waals surface area (Å²) in [4.78, 5) is 24.2. The average Bonchev–Trinajstić information content (AvgIpc) is 3.84. The zero-order valence-electron chi connectivity index (χ0n) is 40.5. The Morgan fingerprint density at radius 3 is 1.93 bits per heavy atom. The molecule has 9 aliphatic rings. The Hall–Kier alpha value is -1.96. The van der Waals surface area contributed by atoms with E-state index in [2.05, 4.69) is 6.92 Å². The maximum Gasteiger partial charge on any atom is 0.331 e. The minimum absolute atomic E-state index is 0.00421. The van der Waals surface area contributed by atoms with Crippen molar-refractivity contribution in [2.75, 3.05) is 13.2 Å². The summed E-state index contributed by atoms with van der Waals surface area (Å²) in [5.74, 6) is -0.580. The third-order valence-corrected chi connectivity index (χ3v) is 18.4. The van der Waals surface area contributed by atoms with Crippen molar-refractivity contribution in [1.82, 2.24) is 0 Å². The van der Waals surface area contributed by atoms with Crippen LogP contribution in [0.25, 0.3) is 0 Å². The zero-order chi connectivity index (χ0) is 49.5. The topological polar surface area (TPSA) is 288 Å². The Labute approximate surface area is 402 Å². The summed E-state index contributed by atoms with van der Waals surface area (Å²) < 4.78 is 60.1. The van der Waals surface area contributed by atoms with Gasteiger partial charge in [0.05, 0.1) is 54.9 Å². The minimum Gasteiger partial charge on any atom is -0.459 e. The number of aliphatic hydroxyl groups excluding tert-OH is 7. The van der Waals surface area contributed by atoms with Gasteiger partial charge < -0.3 is 88.2 Å². The fourth-order valence-corrected chi connectivity index (χ4v) is 14.6. The van der Waals surface area contributed by atoms with Crippen LogP contribution in [-0.4, -0.2) is 188 Å². The van der Waals surface area contributed by atoms with Gasteiger partial charge >= 0.3 is 11.9 Å². The Kier molecular flexibility index (Phi) is 15.1. The monoisotopic (exact) mass is 984 g/mol. The average molecular weight is 985 g/mol. The van der Waals surface area contributed by atoms with Crippen LogP contribution in [0.4, 0.5) is 0 Å². The first-order valence-electron chi connectivity index (χ1n) is 25.3. The largest absolute Gasteiger partial charge is 0.459 e. The van der Waals surface area contributed by atoms with Crippen molar-refractivity contribution in [1.29, 1.82) is 0 Å². The number of carbonyl (C=O) groups excluding carboxylic acids is 2. The van der Waals surface area contributed by atoms with Crippen LogP contribution in [-0.2, 0) is 57.0 Å². The van der Waals surface area contributed by atoms with Crippen molar-refractivity contribution in [3.8, 4) is 0 Å². The van der Waals surface area contributed by atoms with Crippen LogP contribution in [0.1, 0.15) is 112 Å². The van der Waals surface area contributed by atoms with E-state index in [1.54, 1.807) is 26.8 Å². The van der Waals surface area contributed by atoms with E-state index in [4.69, 9.17) is 47.4 Å². The number of aliphatic hydroxyl groups is 8. The first-order chi connectivity index (χ1) is 32.6. The van der Waals surface area contributed by atoms with Crippen LogP contribution < -0.4 is 0 Å². The third-order valence-electron chi connectivity index (χ3n) is 18.4. The smallest absolute Gasteiger partial charge is 0.331 e. The second-order valence-corrected chi connectivity index (χ2v) is 22.2. The molecule has 1 unspecified atom stereocenters. The molecule has 0 aromatic rings. The van der Waals surface area contributed by atoms with Crippen LogP contribution >= 0.6 is 0 Å². The molecule has 0 aromatic carbocycles. The molecule has 5 heterocycles. The van der Waals surface area contributed by atoms with Gasteiger partial charge in [-0.05, 0) is 107 Å². The second kappa shape index (κ2) is 20.0. The lowest BCUT2D eigenvalue weighted by Crippen LogP contribution is -2.67. The molecule has 0 spiro atoms. The number of ether oxygens (including phenoxy) is 10. The standard InChI is InChI=1S/C49H76O20/c1-21-43(67-38-17-32(53)44(22(2)62-38)68-39-18-33(64-24(4)51)45(23(3)63-39)69-46-42(58)41(57)40(56)34(19-50)66-46)31(52)16-37(61-21)65-27-9-11-47(5)26(14-27)7-8-29-30(47)15-35(54)48(6)28(10-12-49(29,48)59)25-13-36(55)60-20-25/h13,21-23,26-35,37-46,50,52-54,56-59H,7-12,14-20H2,1-6H3/t21-,22-,23-,26-,27+,28-,29-,30+,31+,32?,33+,34-,35-,37+,38+,39+,40-,41+,42-,43-,44-,45-,46+,47+,48+,49+/m1/s1. The molecule has 20 nitrogen and oxygen atoms in total. The highest BCUT2D eigenvalue weighted by Crippen LogP contribution is 2.70. The summed E-state index contributed by atoms with van der Waals surface area (Å²) in [5.41, 5.74) is -1.01. The molecule has 0 amide bonds. The van der Waals surface area contributed by atoms with Gasteiger partial charge in [0.25, 0.3) is 0 Å². The van der Waals surface area contributed by atoms with Crippen LogP contribution in [0.15, 0.2) is 11.6 Å². The van der Waals surface area contributed by atoms with Crippen LogP contribution in [0.2, 0.25) is 0 Å². The van der Waals surface area contributed by atoms with E-state index in [1.807, 2.05) is 6.92 Å². The Morgan fingerprint density at radius 1 is 0.710 bits per heavy atom. The first kappa shape index (κ1) is 51.9. The quantitative estimate of drug-likeness (QED) is 0.104. The van der Waals surface area contributed by atoms with Crippen molar-refractivity contribution in [3.05, 3.63) is 11.6 Å². The van der Waals surface area contributed by atoms with Crippen molar-refractivity contribution in [2.45, 2.75) is 234 Å². The van der Waals surface area contributed by atoms with Gasteiger partial charge in [-0.1, -0.05) is 13.8 Å². The third kappa shape index (κ3) is 9.48. The number of cyclic esters (lactones) is 1. The van der Waals surface area contributed by atoms with Crippen LogP contribution in [0, 0.1) is 34.5 Å². The van der Waals surface area contributed by atoms with E-state index < -0.39 is 134 Å². The highest BCUT2D eigenvalue weighted by Gasteiger charge is 2.71. The van der Waals surface area contributed by atoms with Crippen LogP contribution in [0.3, 0.4) is 0 Å². The fourth-order valence-electron chi connectivity index (χ4n) is 14.6. The molecule has 0 radical (unpaired) electrons. The number of carbonyl (C=O) groups is 2. The minimum atomic E-state index is -1.69. The normalized spacial score (nSPS) is 53.3. The molecule has 0 aromatic heterocycles. The summed E-state index contributed by atoms with van der Waals surface area (Å²) >= 11 is 0. The lowest BCUT2D eigenvalue weighted by atomic mass is 9.42.